The summed E-state index contributed by atoms with van der Waals surface area (Å²) in [4.78, 5) is 4.19. The zero-order valence-electron chi connectivity index (χ0n) is 11.1. The molecule has 0 aromatic heterocycles. The van der Waals surface area contributed by atoms with Gasteiger partial charge in [-0.2, -0.15) is 0 Å². The Balaban J connectivity index is 3.83. The highest BCUT2D eigenvalue weighted by Gasteiger charge is 2.10. The molecule has 3 heteroatoms. The van der Waals surface area contributed by atoms with Crippen molar-refractivity contribution in [3.63, 3.8) is 0 Å². The van der Waals surface area contributed by atoms with Gasteiger partial charge < -0.3 is 10.6 Å². The van der Waals surface area contributed by atoms with Gasteiger partial charge in [-0.15, -0.1) is 0 Å². The molecule has 0 aliphatic rings. The highest BCUT2D eigenvalue weighted by molar-refractivity contribution is 5.79. The molecule has 1 atom stereocenters. The average Bonchev–Trinajstić information content (AvgIpc) is 2.14. The molecule has 0 fully saturated rings. The third-order valence-electron chi connectivity index (χ3n) is 2.39. The van der Waals surface area contributed by atoms with Crippen molar-refractivity contribution in [2.75, 3.05) is 13.6 Å². The first kappa shape index (κ1) is 14.3. The molecular weight excluding hydrogens is 186 g/mol. The lowest BCUT2D eigenvalue weighted by Crippen LogP contribution is -2.42. The SMILES string of the molecule is CCC(C)NC(=NC)NCCC(C)(C)C. The second-order valence-electron chi connectivity index (χ2n) is 5.26. The molecule has 3 nitrogen and oxygen atoms in total. The number of nitrogens with one attached hydrogen (secondary N) is 2. The largest absolute Gasteiger partial charge is 0.356 e. The number of guanidine groups is 1. The molecule has 2 N–H and O–H groups in total. The molecule has 0 saturated carbocycles. The fourth-order valence-corrected chi connectivity index (χ4v) is 1.09. The minimum absolute atomic E-state index is 0.377. The Morgan fingerprint density at radius 1 is 1.33 bits per heavy atom. The van der Waals surface area contributed by atoms with Crippen LogP contribution in [0.3, 0.4) is 0 Å². The Bertz CT molecular complexity index is 192. The lowest BCUT2D eigenvalue weighted by molar-refractivity contribution is 0.377. The lowest BCUT2D eigenvalue weighted by Gasteiger charge is -2.21. The molecule has 0 spiro atoms. The van der Waals surface area contributed by atoms with Crippen LogP contribution in [0.2, 0.25) is 0 Å². The summed E-state index contributed by atoms with van der Waals surface area (Å²) >= 11 is 0. The molecule has 15 heavy (non-hydrogen) atoms. The Morgan fingerprint density at radius 2 is 1.93 bits per heavy atom. The first-order valence-corrected chi connectivity index (χ1v) is 5.86. The van der Waals surface area contributed by atoms with E-state index in [4.69, 9.17) is 0 Å². The van der Waals surface area contributed by atoms with Crippen LogP contribution in [0.1, 0.15) is 47.5 Å². The second kappa shape index (κ2) is 6.70. The lowest BCUT2D eigenvalue weighted by atomic mass is 9.92. The first-order valence-electron chi connectivity index (χ1n) is 5.86. The minimum Gasteiger partial charge on any atom is -0.356 e. The predicted octanol–water partition coefficient (Wildman–Crippen LogP) is 2.39. The summed E-state index contributed by atoms with van der Waals surface area (Å²) < 4.78 is 0. The maximum absolute atomic E-state index is 4.19. The average molecular weight is 213 g/mol. The summed E-state index contributed by atoms with van der Waals surface area (Å²) in [6.45, 7) is 12.1. The number of aliphatic imine (C=N–C) groups is 1. The summed E-state index contributed by atoms with van der Waals surface area (Å²) in [7, 11) is 1.81. The van der Waals surface area contributed by atoms with E-state index >= 15 is 0 Å². The monoisotopic (exact) mass is 213 g/mol. The third-order valence-corrected chi connectivity index (χ3v) is 2.39. The summed E-state index contributed by atoms with van der Waals surface area (Å²) in [5, 5.41) is 6.67. The zero-order chi connectivity index (χ0) is 11.9. The van der Waals surface area contributed by atoms with E-state index in [1.54, 1.807) is 0 Å². The van der Waals surface area contributed by atoms with E-state index in [0.717, 1.165) is 25.3 Å². The summed E-state index contributed by atoms with van der Waals surface area (Å²) in [5.74, 6) is 0.911. The third kappa shape index (κ3) is 8.28. The zero-order valence-corrected chi connectivity index (χ0v) is 11.1. The van der Waals surface area contributed by atoms with Gasteiger partial charge in [-0.05, 0) is 25.2 Å². The smallest absolute Gasteiger partial charge is 0.191 e. The molecule has 0 aromatic carbocycles. The van der Waals surface area contributed by atoms with E-state index in [-0.39, 0.29) is 0 Å². The number of hydrogen-bond acceptors (Lipinski definition) is 1. The van der Waals surface area contributed by atoms with E-state index in [9.17, 15) is 0 Å². The minimum atomic E-state index is 0.377. The van der Waals surface area contributed by atoms with Crippen LogP contribution in [0.5, 0.6) is 0 Å². The maximum atomic E-state index is 4.19. The topological polar surface area (TPSA) is 36.4 Å². The number of rotatable bonds is 4. The second-order valence-corrected chi connectivity index (χ2v) is 5.26. The van der Waals surface area contributed by atoms with Gasteiger partial charge in [-0.3, -0.25) is 4.99 Å². The van der Waals surface area contributed by atoms with Crippen molar-refractivity contribution in [2.45, 2.75) is 53.5 Å². The quantitative estimate of drug-likeness (QED) is 0.556. The molecule has 0 radical (unpaired) electrons. The van der Waals surface area contributed by atoms with Crippen LogP contribution >= 0.6 is 0 Å². The highest BCUT2D eigenvalue weighted by Crippen LogP contribution is 2.16. The highest BCUT2D eigenvalue weighted by atomic mass is 15.2. The van der Waals surface area contributed by atoms with Gasteiger partial charge in [0, 0.05) is 19.6 Å². The summed E-state index contributed by atoms with van der Waals surface area (Å²) in [5.41, 5.74) is 0.377. The van der Waals surface area contributed by atoms with Gasteiger partial charge in [-0.25, -0.2) is 0 Å². The fourth-order valence-electron chi connectivity index (χ4n) is 1.09. The van der Waals surface area contributed by atoms with Gasteiger partial charge in [-0.1, -0.05) is 27.7 Å². The Labute approximate surface area is 94.7 Å². The molecule has 0 rings (SSSR count). The predicted molar refractivity (Wildman–Crippen MR) is 68.3 cm³/mol. The standard InChI is InChI=1S/C12H27N3/c1-7-10(2)15-11(13-6)14-9-8-12(3,4)5/h10H,7-9H2,1-6H3,(H2,13,14,15). The normalized spacial score (nSPS) is 14.9. The molecule has 90 valence electrons. The van der Waals surface area contributed by atoms with Crippen molar-refractivity contribution in [1.82, 2.24) is 10.6 Å². The van der Waals surface area contributed by atoms with Crippen LogP contribution in [-0.2, 0) is 0 Å². The molecule has 0 aromatic rings. The van der Waals surface area contributed by atoms with Crippen LogP contribution in [0, 0.1) is 5.41 Å². The van der Waals surface area contributed by atoms with Crippen LogP contribution in [0.15, 0.2) is 4.99 Å². The van der Waals surface area contributed by atoms with Crippen LogP contribution in [0.4, 0.5) is 0 Å². The van der Waals surface area contributed by atoms with Crippen molar-refractivity contribution < 1.29 is 0 Å². The van der Waals surface area contributed by atoms with Gasteiger partial charge >= 0.3 is 0 Å². The van der Waals surface area contributed by atoms with Crippen molar-refractivity contribution >= 4 is 5.96 Å². The Kier molecular flexibility index (Phi) is 6.37. The van der Waals surface area contributed by atoms with E-state index in [0.29, 0.717) is 11.5 Å². The van der Waals surface area contributed by atoms with Gasteiger partial charge in [0.2, 0.25) is 0 Å². The molecule has 1 unspecified atom stereocenters. The molecule has 0 saturated heterocycles. The molecule has 0 heterocycles. The van der Waals surface area contributed by atoms with Crippen molar-refractivity contribution in [2.24, 2.45) is 10.4 Å². The summed E-state index contributed by atoms with van der Waals surface area (Å²) in [6, 6.07) is 0.478. The number of nitrogens with zero attached hydrogens (tertiary/aromatic N) is 1. The van der Waals surface area contributed by atoms with Gasteiger partial charge in [0.25, 0.3) is 0 Å². The van der Waals surface area contributed by atoms with Crippen molar-refractivity contribution in [3.8, 4) is 0 Å². The fraction of sp³-hybridized carbons (Fsp3) is 0.917. The van der Waals surface area contributed by atoms with Gasteiger partial charge in [0.1, 0.15) is 0 Å². The number of hydrogen-bond donors (Lipinski definition) is 2. The Morgan fingerprint density at radius 3 is 2.33 bits per heavy atom. The van der Waals surface area contributed by atoms with Crippen LogP contribution < -0.4 is 10.6 Å². The van der Waals surface area contributed by atoms with Crippen molar-refractivity contribution in [3.05, 3.63) is 0 Å². The molecule has 0 aliphatic carbocycles. The summed E-state index contributed by atoms with van der Waals surface area (Å²) in [6.07, 6.45) is 2.26. The van der Waals surface area contributed by atoms with Gasteiger partial charge in [0.15, 0.2) is 5.96 Å². The Hall–Kier alpha value is -0.730. The van der Waals surface area contributed by atoms with Crippen molar-refractivity contribution in [1.29, 1.82) is 0 Å². The van der Waals surface area contributed by atoms with E-state index in [1.807, 2.05) is 7.05 Å². The molecule has 0 bridgehead atoms. The van der Waals surface area contributed by atoms with Crippen LogP contribution in [0.25, 0.3) is 0 Å². The maximum Gasteiger partial charge on any atom is 0.191 e. The van der Waals surface area contributed by atoms with Crippen LogP contribution in [-0.4, -0.2) is 25.6 Å². The molecule has 0 amide bonds. The molecular formula is C12H27N3. The van der Waals surface area contributed by atoms with E-state index in [2.05, 4.69) is 50.2 Å². The van der Waals surface area contributed by atoms with E-state index < -0.39 is 0 Å². The molecule has 0 aliphatic heterocycles. The van der Waals surface area contributed by atoms with E-state index in [1.165, 1.54) is 0 Å². The first-order chi connectivity index (χ1) is 6.89. The van der Waals surface area contributed by atoms with Gasteiger partial charge in [0.05, 0.1) is 0 Å².